The van der Waals surface area contributed by atoms with Crippen LogP contribution in [0.15, 0.2) is 54.6 Å². The Hall–Kier alpha value is -2.36. The summed E-state index contributed by atoms with van der Waals surface area (Å²) in [5.41, 5.74) is 5.91. The van der Waals surface area contributed by atoms with Crippen LogP contribution in [0.5, 0.6) is 11.5 Å². The molecule has 0 aliphatic carbocycles. The van der Waals surface area contributed by atoms with Gasteiger partial charge in [-0.25, -0.2) is 0 Å². The van der Waals surface area contributed by atoms with Gasteiger partial charge in [0.05, 0.1) is 6.04 Å². The molecule has 1 saturated heterocycles. The summed E-state index contributed by atoms with van der Waals surface area (Å²) in [7, 11) is 0. The van der Waals surface area contributed by atoms with E-state index in [0.29, 0.717) is 24.4 Å². The van der Waals surface area contributed by atoms with E-state index in [1.54, 1.807) is 24.3 Å². The van der Waals surface area contributed by atoms with Crippen molar-refractivity contribution in [1.82, 2.24) is 10.6 Å². The maximum Gasteiger partial charge on any atom is 0.250 e. The van der Waals surface area contributed by atoms with E-state index >= 15 is 0 Å². The number of para-hydroxylation sites is 1. The van der Waals surface area contributed by atoms with E-state index in [-0.39, 0.29) is 43.3 Å². The minimum absolute atomic E-state index is 0. The Morgan fingerprint density at radius 1 is 1.10 bits per heavy atom. The van der Waals surface area contributed by atoms with Crippen LogP contribution in [0, 0.1) is 0 Å². The van der Waals surface area contributed by atoms with Gasteiger partial charge >= 0.3 is 0 Å². The summed E-state index contributed by atoms with van der Waals surface area (Å²) in [4.78, 5) is 24.1. The van der Waals surface area contributed by atoms with Crippen LogP contribution < -0.4 is 26.4 Å². The maximum atomic E-state index is 12.4. The van der Waals surface area contributed by atoms with E-state index in [4.69, 9.17) is 10.5 Å². The van der Waals surface area contributed by atoms with Crippen molar-refractivity contribution in [3.63, 3.8) is 0 Å². The normalized spacial score (nSPS) is 18.3. The quantitative estimate of drug-likeness (QED) is 0.428. The fourth-order valence-electron chi connectivity index (χ4n) is 2.91. The van der Waals surface area contributed by atoms with Crippen LogP contribution >= 0.6 is 24.8 Å². The summed E-state index contributed by atoms with van der Waals surface area (Å²) in [5.74, 6) is 0.698. The molecule has 1 unspecified atom stereocenters. The van der Waals surface area contributed by atoms with E-state index in [1.807, 2.05) is 30.3 Å². The van der Waals surface area contributed by atoms with Crippen LogP contribution in [0.3, 0.4) is 0 Å². The van der Waals surface area contributed by atoms with Gasteiger partial charge in [0.2, 0.25) is 11.8 Å². The molecule has 2 aromatic rings. The van der Waals surface area contributed by atoms with Gasteiger partial charge in [-0.3, -0.25) is 9.59 Å². The number of nitrogens with one attached hydrogen (secondary N) is 3. The Kier molecular flexibility index (Phi) is 10.6. The number of amides is 2. The molecule has 0 aromatic heterocycles. The number of aliphatic hydroxyl groups excluding tert-OH is 1. The number of ether oxygens (including phenoxy) is 1. The van der Waals surface area contributed by atoms with Crippen molar-refractivity contribution in [1.29, 1.82) is 0 Å². The molecule has 1 fully saturated rings. The average molecular weight is 457 g/mol. The first-order valence-electron chi connectivity index (χ1n) is 9.11. The van der Waals surface area contributed by atoms with Gasteiger partial charge in [0.15, 0.2) is 0 Å². The number of aliphatic hydroxyl groups is 1. The molecular formula is C20H26Cl2N4O4. The molecule has 30 heavy (non-hydrogen) atoms. The fourth-order valence-corrected chi connectivity index (χ4v) is 2.91. The zero-order valence-electron chi connectivity index (χ0n) is 16.1. The smallest absolute Gasteiger partial charge is 0.250 e. The predicted molar refractivity (Wildman–Crippen MR) is 119 cm³/mol. The number of carbonyl (C=O) groups excluding carboxylic acids is 2. The Morgan fingerprint density at radius 3 is 2.37 bits per heavy atom. The fraction of sp³-hybridized carbons (Fsp3) is 0.300. The maximum absolute atomic E-state index is 12.4. The van der Waals surface area contributed by atoms with Gasteiger partial charge < -0.3 is 31.5 Å². The number of anilines is 1. The molecule has 2 aromatic carbocycles. The highest BCUT2D eigenvalue weighted by molar-refractivity contribution is 5.95. The highest BCUT2D eigenvalue weighted by atomic mass is 35.5. The van der Waals surface area contributed by atoms with Crippen LogP contribution in [0.1, 0.15) is 6.42 Å². The summed E-state index contributed by atoms with van der Waals surface area (Å²) in [6, 6.07) is 15.9. The number of hydrogen-bond donors (Lipinski definition) is 5. The number of carbonyl (C=O) groups is 2. The molecule has 2 amide bonds. The van der Waals surface area contributed by atoms with Crippen molar-refractivity contribution in [2.45, 2.75) is 24.6 Å². The summed E-state index contributed by atoms with van der Waals surface area (Å²) >= 11 is 0. The van der Waals surface area contributed by atoms with E-state index < -0.39 is 18.1 Å². The molecule has 6 N–H and O–H groups in total. The van der Waals surface area contributed by atoms with Gasteiger partial charge in [-0.15, -0.1) is 24.8 Å². The minimum Gasteiger partial charge on any atom is -0.457 e. The lowest BCUT2D eigenvalue weighted by Gasteiger charge is -2.15. The van der Waals surface area contributed by atoms with Gasteiger partial charge in [-0.05, 0) is 42.8 Å². The van der Waals surface area contributed by atoms with Crippen LogP contribution in [0.4, 0.5) is 5.69 Å². The highest BCUT2D eigenvalue weighted by Gasteiger charge is 2.31. The SMILES string of the molecule is Cl.Cl.NC[C@H](O)C(=O)NC1CN[C@H](C(=O)Nc2ccc(Oc3ccccc3)cc2)C1. The molecule has 0 spiro atoms. The molecule has 1 aliphatic heterocycles. The molecule has 164 valence electrons. The molecule has 0 saturated carbocycles. The van der Waals surface area contributed by atoms with Crippen molar-refractivity contribution >= 4 is 42.3 Å². The van der Waals surface area contributed by atoms with Crippen molar-refractivity contribution in [3.8, 4) is 11.5 Å². The first kappa shape index (κ1) is 25.7. The zero-order valence-corrected chi connectivity index (χ0v) is 17.7. The first-order valence-corrected chi connectivity index (χ1v) is 9.11. The van der Waals surface area contributed by atoms with Crippen LogP contribution in [0.25, 0.3) is 0 Å². The van der Waals surface area contributed by atoms with E-state index in [1.165, 1.54) is 0 Å². The van der Waals surface area contributed by atoms with Crippen molar-refractivity contribution < 1.29 is 19.4 Å². The largest absolute Gasteiger partial charge is 0.457 e. The molecular weight excluding hydrogens is 431 g/mol. The zero-order chi connectivity index (χ0) is 19.9. The van der Waals surface area contributed by atoms with Gasteiger partial charge in [-0.1, -0.05) is 18.2 Å². The molecule has 0 bridgehead atoms. The molecule has 3 atom stereocenters. The Morgan fingerprint density at radius 2 is 1.73 bits per heavy atom. The second-order valence-corrected chi connectivity index (χ2v) is 6.58. The second-order valence-electron chi connectivity index (χ2n) is 6.58. The second kappa shape index (κ2) is 12.4. The number of nitrogens with two attached hydrogens (primary N) is 1. The number of halogens is 2. The Balaban J connectivity index is 0.00000225. The van der Waals surface area contributed by atoms with Gasteiger partial charge in [0, 0.05) is 24.8 Å². The lowest BCUT2D eigenvalue weighted by atomic mass is 10.1. The standard InChI is InChI=1S/C20H24N4O4.2ClH/c21-11-18(25)20(27)24-14-10-17(22-12-14)19(26)23-13-6-8-16(9-7-13)28-15-4-2-1-3-5-15;;/h1-9,14,17-18,22,25H,10-12,21H2,(H,23,26)(H,24,27);2*1H/t14?,17-,18-;;/m0../s1. The predicted octanol–water partition coefficient (Wildman–Crippen LogP) is 1.43. The van der Waals surface area contributed by atoms with E-state index in [2.05, 4.69) is 16.0 Å². The average Bonchev–Trinajstić information content (AvgIpc) is 3.18. The highest BCUT2D eigenvalue weighted by Crippen LogP contribution is 2.23. The third kappa shape index (κ3) is 7.16. The van der Waals surface area contributed by atoms with Gasteiger partial charge in [-0.2, -0.15) is 0 Å². The molecule has 1 heterocycles. The topological polar surface area (TPSA) is 126 Å². The number of benzene rings is 2. The lowest BCUT2D eigenvalue weighted by molar-refractivity contribution is -0.129. The van der Waals surface area contributed by atoms with Crippen LogP contribution in [0.2, 0.25) is 0 Å². The lowest BCUT2D eigenvalue weighted by Crippen LogP contribution is -2.45. The Labute approximate surface area is 187 Å². The summed E-state index contributed by atoms with van der Waals surface area (Å²) in [5, 5.41) is 18.0. The molecule has 8 nitrogen and oxygen atoms in total. The summed E-state index contributed by atoms with van der Waals surface area (Å²) in [6.45, 7) is 0.310. The first-order chi connectivity index (χ1) is 13.5. The van der Waals surface area contributed by atoms with Crippen LogP contribution in [-0.4, -0.2) is 48.2 Å². The van der Waals surface area contributed by atoms with Crippen molar-refractivity contribution in [2.75, 3.05) is 18.4 Å². The Bertz CT molecular complexity index is 808. The van der Waals surface area contributed by atoms with Crippen LogP contribution in [-0.2, 0) is 9.59 Å². The van der Waals surface area contributed by atoms with Gasteiger partial charge in [0.1, 0.15) is 17.6 Å². The van der Waals surface area contributed by atoms with Crippen molar-refractivity contribution in [2.24, 2.45) is 5.73 Å². The van der Waals surface area contributed by atoms with Crippen molar-refractivity contribution in [3.05, 3.63) is 54.6 Å². The third-order valence-electron chi connectivity index (χ3n) is 4.42. The molecule has 1 aliphatic rings. The minimum atomic E-state index is -1.23. The van der Waals surface area contributed by atoms with E-state index in [9.17, 15) is 14.7 Å². The summed E-state index contributed by atoms with van der Waals surface area (Å²) < 4.78 is 5.72. The number of rotatable bonds is 7. The molecule has 0 radical (unpaired) electrons. The monoisotopic (exact) mass is 456 g/mol. The van der Waals surface area contributed by atoms with E-state index in [0.717, 1.165) is 5.75 Å². The third-order valence-corrected chi connectivity index (χ3v) is 4.42. The molecule has 10 heteroatoms. The van der Waals surface area contributed by atoms with Gasteiger partial charge in [0.25, 0.3) is 0 Å². The summed E-state index contributed by atoms with van der Waals surface area (Å²) in [6.07, 6.45) is -0.797. The number of hydrogen-bond acceptors (Lipinski definition) is 6. The molecule has 3 rings (SSSR count).